The SMILES string of the molecule is CC(C)c1cc(C(=O)NC[C@@H](c2ccco2)N(C)C)nn1C(C)(C)C. The minimum Gasteiger partial charge on any atom is -0.468 e. The first kappa shape index (κ1) is 19.2. The summed E-state index contributed by atoms with van der Waals surface area (Å²) in [5.41, 5.74) is 1.35. The van der Waals surface area contributed by atoms with Crippen LogP contribution < -0.4 is 5.32 Å². The van der Waals surface area contributed by atoms with Crippen molar-refractivity contribution in [2.75, 3.05) is 20.6 Å². The Hall–Kier alpha value is -2.08. The van der Waals surface area contributed by atoms with E-state index in [1.807, 2.05) is 41.9 Å². The lowest BCUT2D eigenvalue weighted by Crippen LogP contribution is -2.34. The first-order chi connectivity index (χ1) is 11.6. The Bertz CT molecular complexity index is 694. The van der Waals surface area contributed by atoms with Crippen LogP contribution in [-0.4, -0.2) is 41.2 Å². The van der Waals surface area contributed by atoms with Gasteiger partial charge in [-0.3, -0.25) is 14.4 Å². The van der Waals surface area contributed by atoms with Gasteiger partial charge >= 0.3 is 0 Å². The highest BCUT2D eigenvalue weighted by atomic mass is 16.3. The van der Waals surface area contributed by atoms with Crippen molar-refractivity contribution in [1.82, 2.24) is 20.0 Å². The Morgan fingerprint density at radius 2 is 2.04 bits per heavy atom. The number of nitrogens with zero attached hydrogens (tertiary/aromatic N) is 3. The molecule has 1 amide bonds. The van der Waals surface area contributed by atoms with E-state index in [4.69, 9.17) is 4.42 Å². The number of carbonyl (C=O) groups excluding carboxylic acids is 1. The second-order valence-electron chi connectivity index (χ2n) is 7.90. The van der Waals surface area contributed by atoms with Crippen LogP contribution in [0, 0.1) is 0 Å². The smallest absolute Gasteiger partial charge is 0.271 e. The quantitative estimate of drug-likeness (QED) is 0.871. The zero-order valence-corrected chi connectivity index (χ0v) is 16.3. The van der Waals surface area contributed by atoms with Crippen LogP contribution in [-0.2, 0) is 5.54 Å². The van der Waals surface area contributed by atoms with Crippen LogP contribution in [0.4, 0.5) is 0 Å². The van der Waals surface area contributed by atoms with Crippen LogP contribution in [0.3, 0.4) is 0 Å². The van der Waals surface area contributed by atoms with Gasteiger partial charge in [0.05, 0.1) is 17.8 Å². The second kappa shape index (κ2) is 7.44. The molecule has 0 radical (unpaired) electrons. The molecule has 0 aliphatic rings. The number of rotatable bonds is 6. The number of furan rings is 1. The molecule has 0 aliphatic carbocycles. The van der Waals surface area contributed by atoms with E-state index in [-0.39, 0.29) is 17.5 Å². The fourth-order valence-electron chi connectivity index (χ4n) is 2.75. The molecule has 0 aliphatic heterocycles. The maximum Gasteiger partial charge on any atom is 0.271 e. The Morgan fingerprint density at radius 1 is 1.36 bits per heavy atom. The van der Waals surface area contributed by atoms with Gasteiger partial charge in [0, 0.05) is 12.2 Å². The van der Waals surface area contributed by atoms with E-state index in [1.165, 1.54) is 0 Å². The molecule has 0 aromatic carbocycles. The van der Waals surface area contributed by atoms with Gasteiger partial charge < -0.3 is 9.73 Å². The van der Waals surface area contributed by atoms with Gasteiger partial charge in [0.1, 0.15) is 11.5 Å². The first-order valence-corrected chi connectivity index (χ1v) is 8.69. The fourth-order valence-corrected chi connectivity index (χ4v) is 2.75. The molecule has 6 heteroatoms. The maximum atomic E-state index is 12.6. The summed E-state index contributed by atoms with van der Waals surface area (Å²) in [6.45, 7) is 10.9. The molecule has 0 bridgehead atoms. The molecule has 0 fully saturated rings. The third kappa shape index (κ3) is 4.51. The standard InChI is InChI=1S/C19H30N4O2/c1-13(2)15-11-14(21-23(15)19(3,4)5)18(24)20-12-16(22(6)7)17-9-8-10-25-17/h8-11,13,16H,12H2,1-7H3,(H,20,24)/t16-/m0/s1. The van der Waals surface area contributed by atoms with E-state index in [0.717, 1.165) is 11.5 Å². The summed E-state index contributed by atoms with van der Waals surface area (Å²) in [6, 6.07) is 5.64. The normalized spacial score (nSPS) is 13.5. The Kier molecular flexibility index (Phi) is 5.72. The molecule has 1 atom stereocenters. The fraction of sp³-hybridized carbons (Fsp3) is 0.579. The monoisotopic (exact) mass is 346 g/mol. The number of aromatic nitrogens is 2. The average molecular weight is 346 g/mol. The van der Waals surface area contributed by atoms with Gasteiger partial charge in [-0.1, -0.05) is 13.8 Å². The number of hydrogen-bond acceptors (Lipinski definition) is 4. The Labute approximate surface area is 150 Å². The van der Waals surface area contributed by atoms with E-state index < -0.39 is 0 Å². The third-order valence-electron chi connectivity index (χ3n) is 4.15. The van der Waals surface area contributed by atoms with Gasteiger partial charge in [-0.2, -0.15) is 5.10 Å². The van der Waals surface area contributed by atoms with Crippen molar-refractivity contribution in [3.8, 4) is 0 Å². The number of carbonyl (C=O) groups is 1. The first-order valence-electron chi connectivity index (χ1n) is 8.69. The molecule has 2 aromatic rings. The molecule has 0 saturated carbocycles. The zero-order chi connectivity index (χ0) is 18.8. The van der Waals surface area contributed by atoms with Crippen molar-refractivity contribution in [2.45, 2.75) is 52.1 Å². The highest BCUT2D eigenvalue weighted by Crippen LogP contribution is 2.24. The molecule has 0 saturated heterocycles. The van der Waals surface area contributed by atoms with Crippen LogP contribution in [0.1, 0.15) is 68.5 Å². The van der Waals surface area contributed by atoms with Crippen molar-refractivity contribution in [1.29, 1.82) is 0 Å². The van der Waals surface area contributed by atoms with Crippen LogP contribution >= 0.6 is 0 Å². The van der Waals surface area contributed by atoms with Crippen molar-refractivity contribution in [2.24, 2.45) is 0 Å². The summed E-state index contributed by atoms with van der Waals surface area (Å²) in [5, 5.41) is 7.54. The van der Waals surface area contributed by atoms with E-state index in [9.17, 15) is 4.79 Å². The van der Waals surface area contributed by atoms with Crippen molar-refractivity contribution in [3.63, 3.8) is 0 Å². The largest absolute Gasteiger partial charge is 0.468 e. The van der Waals surface area contributed by atoms with E-state index >= 15 is 0 Å². The third-order valence-corrected chi connectivity index (χ3v) is 4.15. The minimum atomic E-state index is -0.168. The van der Waals surface area contributed by atoms with Gasteiger partial charge in [0.25, 0.3) is 5.91 Å². The summed E-state index contributed by atoms with van der Waals surface area (Å²) in [4.78, 5) is 14.6. The molecular formula is C19H30N4O2. The van der Waals surface area contributed by atoms with Crippen LogP contribution in [0.25, 0.3) is 0 Å². The molecule has 0 unspecified atom stereocenters. The van der Waals surface area contributed by atoms with E-state index in [0.29, 0.717) is 18.2 Å². The number of likely N-dealkylation sites (N-methyl/N-ethyl adjacent to an activating group) is 1. The van der Waals surface area contributed by atoms with Gasteiger partial charge in [0.2, 0.25) is 0 Å². The lowest BCUT2D eigenvalue weighted by molar-refractivity contribution is 0.0932. The maximum absolute atomic E-state index is 12.6. The van der Waals surface area contributed by atoms with E-state index in [1.54, 1.807) is 6.26 Å². The van der Waals surface area contributed by atoms with Crippen LogP contribution in [0.15, 0.2) is 28.9 Å². The van der Waals surface area contributed by atoms with Crippen molar-refractivity contribution >= 4 is 5.91 Å². The summed E-state index contributed by atoms with van der Waals surface area (Å²) in [7, 11) is 3.93. The molecule has 2 heterocycles. The predicted octanol–water partition coefficient (Wildman–Crippen LogP) is 3.39. The van der Waals surface area contributed by atoms with Gasteiger partial charge in [-0.15, -0.1) is 0 Å². The number of hydrogen-bond donors (Lipinski definition) is 1. The number of amides is 1. The molecule has 138 valence electrons. The summed E-state index contributed by atoms with van der Waals surface area (Å²) < 4.78 is 7.43. The highest BCUT2D eigenvalue weighted by molar-refractivity contribution is 5.92. The zero-order valence-electron chi connectivity index (χ0n) is 16.3. The summed E-state index contributed by atoms with van der Waals surface area (Å²) in [6.07, 6.45) is 1.65. The second-order valence-corrected chi connectivity index (χ2v) is 7.90. The number of nitrogens with one attached hydrogen (secondary N) is 1. The van der Waals surface area contributed by atoms with Gasteiger partial charge in [0.15, 0.2) is 0 Å². The Morgan fingerprint density at radius 3 is 2.48 bits per heavy atom. The molecule has 1 N–H and O–H groups in total. The molecule has 25 heavy (non-hydrogen) atoms. The molecular weight excluding hydrogens is 316 g/mol. The van der Waals surface area contributed by atoms with Gasteiger partial charge in [-0.05, 0) is 59.0 Å². The van der Waals surface area contributed by atoms with Gasteiger partial charge in [-0.25, -0.2) is 0 Å². The summed E-state index contributed by atoms with van der Waals surface area (Å²) in [5.74, 6) is 0.961. The molecule has 6 nitrogen and oxygen atoms in total. The lowest BCUT2D eigenvalue weighted by Gasteiger charge is -2.23. The predicted molar refractivity (Wildman–Crippen MR) is 98.8 cm³/mol. The van der Waals surface area contributed by atoms with Crippen LogP contribution in [0.5, 0.6) is 0 Å². The Balaban J connectivity index is 2.15. The molecule has 2 aromatic heterocycles. The molecule has 2 rings (SSSR count). The minimum absolute atomic E-state index is 0.0202. The van der Waals surface area contributed by atoms with E-state index in [2.05, 4.69) is 45.0 Å². The molecule has 0 spiro atoms. The van der Waals surface area contributed by atoms with Crippen molar-refractivity contribution in [3.05, 3.63) is 41.6 Å². The van der Waals surface area contributed by atoms with Crippen LogP contribution in [0.2, 0.25) is 0 Å². The summed E-state index contributed by atoms with van der Waals surface area (Å²) >= 11 is 0. The highest BCUT2D eigenvalue weighted by Gasteiger charge is 2.24. The average Bonchev–Trinajstić information content (AvgIpc) is 3.15. The topological polar surface area (TPSA) is 63.3 Å². The lowest BCUT2D eigenvalue weighted by atomic mass is 10.1. The van der Waals surface area contributed by atoms with Crippen molar-refractivity contribution < 1.29 is 9.21 Å².